The van der Waals surface area contributed by atoms with E-state index in [9.17, 15) is 4.79 Å². The van der Waals surface area contributed by atoms with Gasteiger partial charge in [-0.2, -0.15) is 0 Å². The minimum atomic E-state index is -0.441. The number of amides is 1. The fourth-order valence-electron chi connectivity index (χ4n) is 4.86. The van der Waals surface area contributed by atoms with Crippen LogP contribution in [0.2, 0.25) is 0 Å². The van der Waals surface area contributed by atoms with E-state index >= 15 is 0 Å². The van der Waals surface area contributed by atoms with Crippen molar-refractivity contribution in [3.8, 4) is 0 Å². The van der Waals surface area contributed by atoms with Gasteiger partial charge in [-0.25, -0.2) is 4.79 Å². The second-order valence-electron chi connectivity index (χ2n) is 9.75. The molecule has 3 atom stereocenters. The first kappa shape index (κ1) is 19.5. The number of nitrogens with zero attached hydrogens (tertiary/aromatic N) is 1. The van der Waals surface area contributed by atoms with Gasteiger partial charge in [0.25, 0.3) is 0 Å². The van der Waals surface area contributed by atoms with E-state index in [0.717, 1.165) is 32.1 Å². The quantitative estimate of drug-likeness (QED) is 0.707. The summed E-state index contributed by atoms with van der Waals surface area (Å²) in [5.74, 6) is 0.608. The van der Waals surface area contributed by atoms with Gasteiger partial charge in [0.05, 0.1) is 12.7 Å². The third-order valence-corrected chi connectivity index (χ3v) is 6.13. The summed E-state index contributed by atoms with van der Waals surface area (Å²) in [6, 6.07) is 7.22. The largest absolute Gasteiger partial charge is 0.444 e. The maximum atomic E-state index is 12.6. The van der Waals surface area contributed by atoms with Crippen molar-refractivity contribution < 1.29 is 14.3 Å². The lowest BCUT2D eigenvalue weighted by molar-refractivity contribution is -0.0397. The van der Waals surface area contributed by atoms with Gasteiger partial charge in [0, 0.05) is 12.1 Å². The van der Waals surface area contributed by atoms with Crippen molar-refractivity contribution in [1.82, 2.24) is 4.90 Å². The SMILES string of the molecule is CC1C=Cc2ccc(COC3CC4CCC(C3)N4C(=O)OC(C)(C)C)cc2C1. The van der Waals surface area contributed by atoms with E-state index in [-0.39, 0.29) is 24.3 Å². The Balaban J connectivity index is 1.34. The molecule has 4 nitrogen and oxygen atoms in total. The number of ether oxygens (including phenoxy) is 2. The highest BCUT2D eigenvalue weighted by molar-refractivity contribution is 5.69. The van der Waals surface area contributed by atoms with Crippen LogP contribution in [0.4, 0.5) is 4.79 Å². The van der Waals surface area contributed by atoms with Crippen molar-refractivity contribution in [2.75, 3.05) is 0 Å². The van der Waals surface area contributed by atoms with E-state index in [2.05, 4.69) is 37.3 Å². The second-order valence-corrected chi connectivity index (χ2v) is 9.75. The molecule has 0 spiro atoms. The maximum absolute atomic E-state index is 12.6. The summed E-state index contributed by atoms with van der Waals surface area (Å²) < 4.78 is 11.9. The van der Waals surface area contributed by atoms with Crippen LogP contribution in [0.25, 0.3) is 6.08 Å². The predicted octanol–water partition coefficient (Wildman–Crippen LogP) is 5.34. The van der Waals surface area contributed by atoms with Crippen molar-refractivity contribution in [3.63, 3.8) is 0 Å². The molecule has 2 bridgehead atoms. The molecule has 0 saturated carbocycles. The van der Waals surface area contributed by atoms with Crippen LogP contribution in [0.3, 0.4) is 0 Å². The summed E-state index contributed by atoms with van der Waals surface area (Å²) in [5.41, 5.74) is 3.58. The third kappa shape index (κ3) is 4.27. The Morgan fingerprint density at radius 3 is 2.57 bits per heavy atom. The van der Waals surface area contributed by atoms with Crippen LogP contribution in [0.5, 0.6) is 0 Å². The monoisotopic (exact) mass is 383 g/mol. The highest BCUT2D eigenvalue weighted by Crippen LogP contribution is 2.38. The molecule has 3 unspecified atom stereocenters. The van der Waals surface area contributed by atoms with E-state index in [4.69, 9.17) is 9.47 Å². The number of carbonyl (C=O) groups is 1. The molecule has 2 saturated heterocycles. The van der Waals surface area contributed by atoms with E-state index in [1.807, 2.05) is 25.7 Å². The van der Waals surface area contributed by atoms with E-state index in [1.54, 1.807) is 0 Å². The van der Waals surface area contributed by atoms with E-state index < -0.39 is 5.60 Å². The smallest absolute Gasteiger partial charge is 0.410 e. The summed E-state index contributed by atoms with van der Waals surface area (Å²) in [6.45, 7) is 8.70. The van der Waals surface area contributed by atoms with Crippen LogP contribution < -0.4 is 0 Å². The first-order valence-corrected chi connectivity index (χ1v) is 10.7. The number of allylic oxidation sites excluding steroid dienone is 1. The fraction of sp³-hybridized carbons (Fsp3) is 0.625. The average molecular weight is 384 g/mol. The van der Waals surface area contributed by atoms with Gasteiger partial charge in [0.2, 0.25) is 0 Å². The summed E-state index contributed by atoms with van der Waals surface area (Å²) in [7, 11) is 0. The number of carbonyl (C=O) groups excluding carboxylic acids is 1. The number of piperidine rings is 1. The molecule has 1 aliphatic carbocycles. The van der Waals surface area contributed by atoms with Crippen LogP contribution in [0.1, 0.15) is 70.1 Å². The van der Waals surface area contributed by atoms with Gasteiger partial charge < -0.3 is 14.4 Å². The van der Waals surface area contributed by atoms with E-state index in [0.29, 0.717) is 12.5 Å². The van der Waals surface area contributed by atoms with Crippen molar-refractivity contribution in [2.45, 2.75) is 90.2 Å². The number of benzene rings is 1. The molecule has 4 heteroatoms. The van der Waals surface area contributed by atoms with Gasteiger partial charge in [-0.3, -0.25) is 0 Å². The zero-order valence-electron chi connectivity index (χ0n) is 17.6. The fourth-order valence-corrected chi connectivity index (χ4v) is 4.86. The first-order valence-electron chi connectivity index (χ1n) is 10.7. The Morgan fingerprint density at radius 2 is 1.89 bits per heavy atom. The van der Waals surface area contributed by atoms with Crippen molar-refractivity contribution in [3.05, 3.63) is 41.0 Å². The molecule has 0 N–H and O–H groups in total. The molecule has 0 aromatic heterocycles. The zero-order chi connectivity index (χ0) is 19.9. The molecule has 1 aromatic carbocycles. The summed E-state index contributed by atoms with van der Waals surface area (Å²) in [6.07, 6.45) is 9.66. The Labute approximate surface area is 168 Å². The van der Waals surface area contributed by atoms with Crippen molar-refractivity contribution in [2.24, 2.45) is 5.92 Å². The molecule has 1 aromatic rings. The van der Waals surface area contributed by atoms with Gasteiger partial charge in [-0.05, 0) is 75.5 Å². The highest BCUT2D eigenvalue weighted by atomic mass is 16.6. The lowest BCUT2D eigenvalue weighted by atomic mass is 9.90. The lowest BCUT2D eigenvalue weighted by Crippen LogP contribution is -2.50. The Kier molecular flexibility index (Phi) is 5.26. The summed E-state index contributed by atoms with van der Waals surface area (Å²) in [4.78, 5) is 14.6. The molecule has 2 heterocycles. The molecule has 2 fully saturated rings. The zero-order valence-corrected chi connectivity index (χ0v) is 17.6. The van der Waals surface area contributed by atoms with Gasteiger partial charge in [0.1, 0.15) is 5.60 Å². The molecule has 152 valence electrons. The number of rotatable bonds is 3. The van der Waals surface area contributed by atoms with Crippen LogP contribution in [-0.4, -0.2) is 34.8 Å². The average Bonchev–Trinajstić information content (AvgIpc) is 2.89. The van der Waals surface area contributed by atoms with Crippen molar-refractivity contribution >= 4 is 12.2 Å². The molecule has 0 radical (unpaired) electrons. The number of hydrogen-bond donors (Lipinski definition) is 0. The molecule has 3 aliphatic rings. The number of fused-ring (bicyclic) bond motifs is 3. The lowest BCUT2D eigenvalue weighted by Gasteiger charge is -2.39. The van der Waals surface area contributed by atoms with Crippen LogP contribution >= 0.6 is 0 Å². The second kappa shape index (κ2) is 7.55. The minimum absolute atomic E-state index is 0.157. The van der Waals surface area contributed by atoms with Crippen LogP contribution in [0, 0.1) is 5.92 Å². The Hall–Kier alpha value is -1.81. The standard InChI is InChI=1S/C24H33NO3/c1-16-5-7-18-8-6-17(12-19(18)11-16)15-27-22-13-20-9-10-21(14-22)25(20)23(26)28-24(2,3)4/h5-8,12,16,20-22H,9-11,13-15H2,1-4H3. The highest BCUT2D eigenvalue weighted by Gasteiger charge is 2.45. The van der Waals surface area contributed by atoms with Gasteiger partial charge in [0.15, 0.2) is 0 Å². The Morgan fingerprint density at radius 1 is 1.18 bits per heavy atom. The van der Waals surface area contributed by atoms with Gasteiger partial charge >= 0.3 is 6.09 Å². The predicted molar refractivity (Wildman–Crippen MR) is 111 cm³/mol. The van der Waals surface area contributed by atoms with Gasteiger partial charge in [-0.15, -0.1) is 0 Å². The van der Waals surface area contributed by atoms with Crippen LogP contribution in [-0.2, 0) is 22.5 Å². The normalized spacial score (nSPS) is 28.9. The minimum Gasteiger partial charge on any atom is -0.444 e. The topological polar surface area (TPSA) is 38.8 Å². The maximum Gasteiger partial charge on any atom is 0.410 e. The Bertz CT molecular complexity index is 750. The third-order valence-electron chi connectivity index (χ3n) is 6.13. The van der Waals surface area contributed by atoms with Crippen LogP contribution in [0.15, 0.2) is 24.3 Å². The first-order chi connectivity index (χ1) is 13.3. The molecular weight excluding hydrogens is 350 g/mol. The summed E-state index contributed by atoms with van der Waals surface area (Å²) in [5, 5.41) is 0. The molecule has 28 heavy (non-hydrogen) atoms. The summed E-state index contributed by atoms with van der Waals surface area (Å²) >= 11 is 0. The van der Waals surface area contributed by atoms with Crippen molar-refractivity contribution in [1.29, 1.82) is 0 Å². The molecular formula is C24H33NO3. The molecule has 2 aliphatic heterocycles. The molecule has 1 amide bonds. The van der Waals surface area contributed by atoms with Gasteiger partial charge in [-0.1, -0.05) is 37.3 Å². The molecule has 4 rings (SSSR count). The number of hydrogen-bond acceptors (Lipinski definition) is 3. The van der Waals surface area contributed by atoms with E-state index in [1.165, 1.54) is 16.7 Å².